The number of pyridine rings is 1. The summed E-state index contributed by atoms with van der Waals surface area (Å²) in [4.78, 5) is 21.1. The van der Waals surface area contributed by atoms with Crippen molar-refractivity contribution in [2.24, 2.45) is 5.92 Å². The van der Waals surface area contributed by atoms with Gasteiger partial charge in [-0.3, -0.25) is 4.79 Å². The molecule has 3 aromatic heterocycles. The van der Waals surface area contributed by atoms with Crippen LogP contribution < -0.4 is 5.32 Å². The Kier molecular flexibility index (Phi) is 5.35. The molecule has 1 amide bonds. The van der Waals surface area contributed by atoms with Crippen LogP contribution in [-0.4, -0.2) is 56.6 Å². The molecule has 0 saturated carbocycles. The summed E-state index contributed by atoms with van der Waals surface area (Å²) in [5.74, 6) is 0.232. The van der Waals surface area contributed by atoms with Gasteiger partial charge in [0, 0.05) is 25.2 Å². The first-order valence-corrected chi connectivity index (χ1v) is 10.9. The third kappa shape index (κ3) is 3.71. The maximum atomic E-state index is 12.9. The molecule has 0 spiro atoms. The summed E-state index contributed by atoms with van der Waals surface area (Å²) >= 11 is 0. The number of carbonyl (C=O) groups is 1. The van der Waals surface area contributed by atoms with Crippen LogP contribution in [0.2, 0.25) is 0 Å². The summed E-state index contributed by atoms with van der Waals surface area (Å²) < 4.78 is 33.7. The third-order valence-corrected chi connectivity index (χ3v) is 7.21. The van der Waals surface area contributed by atoms with Gasteiger partial charge >= 0.3 is 0 Å². The minimum atomic E-state index is -3.71. The highest BCUT2D eigenvalue weighted by molar-refractivity contribution is 7.89. The molecule has 4 heterocycles. The lowest BCUT2D eigenvalue weighted by Gasteiger charge is -2.30. The molecule has 4 rings (SSSR count). The van der Waals surface area contributed by atoms with Crippen molar-refractivity contribution >= 4 is 21.6 Å². The molecule has 1 aliphatic rings. The van der Waals surface area contributed by atoms with E-state index in [9.17, 15) is 13.2 Å². The second-order valence-corrected chi connectivity index (χ2v) is 8.91. The number of nitrogens with zero attached hydrogens (tertiary/aromatic N) is 6. The molecule has 1 fully saturated rings. The van der Waals surface area contributed by atoms with Crippen molar-refractivity contribution in [1.82, 2.24) is 29.2 Å². The molecule has 11 nitrogen and oxygen atoms in total. The number of rotatable bonds is 5. The van der Waals surface area contributed by atoms with Crippen molar-refractivity contribution in [3.05, 3.63) is 42.4 Å². The van der Waals surface area contributed by atoms with Crippen LogP contribution in [0.4, 0.5) is 5.69 Å². The Morgan fingerprint density at radius 2 is 2.03 bits per heavy atom. The molecule has 12 heteroatoms. The largest absolute Gasteiger partial charge is 0.360 e. The van der Waals surface area contributed by atoms with E-state index < -0.39 is 10.0 Å². The number of anilines is 1. The zero-order chi connectivity index (χ0) is 21.3. The number of piperidine rings is 1. The maximum Gasteiger partial charge on any atom is 0.248 e. The van der Waals surface area contributed by atoms with Crippen molar-refractivity contribution in [2.45, 2.75) is 31.6 Å². The second-order valence-electron chi connectivity index (χ2n) is 7.04. The van der Waals surface area contributed by atoms with Crippen LogP contribution in [0.1, 0.15) is 24.3 Å². The number of amides is 1. The Balaban J connectivity index is 1.44. The third-order valence-electron chi connectivity index (χ3n) is 5.07. The van der Waals surface area contributed by atoms with Gasteiger partial charge in [0.15, 0.2) is 11.6 Å². The smallest absolute Gasteiger partial charge is 0.248 e. The summed E-state index contributed by atoms with van der Waals surface area (Å²) in [6.07, 6.45) is 5.30. The Morgan fingerprint density at radius 3 is 2.67 bits per heavy atom. The van der Waals surface area contributed by atoms with Crippen LogP contribution in [-0.2, 0) is 14.8 Å². The second kappa shape index (κ2) is 7.95. The van der Waals surface area contributed by atoms with Gasteiger partial charge in [0.1, 0.15) is 23.2 Å². The average Bonchev–Trinajstić information content (AvgIpc) is 3.38. The summed E-state index contributed by atoms with van der Waals surface area (Å²) in [5, 5.41) is 10.7. The van der Waals surface area contributed by atoms with Crippen LogP contribution in [0.25, 0.3) is 5.82 Å². The van der Waals surface area contributed by atoms with Crippen molar-refractivity contribution in [2.75, 3.05) is 18.4 Å². The molecule has 30 heavy (non-hydrogen) atoms. The van der Waals surface area contributed by atoms with E-state index in [4.69, 9.17) is 4.52 Å². The van der Waals surface area contributed by atoms with Crippen LogP contribution >= 0.6 is 0 Å². The molecule has 1 aliphatic heterocycles. The Hall–Kier alpha value is -3.12. The topological polar surface area (TPSA) is 136 Å². The standard InChI is InChI=1S/C18H21N7O4S/c1-12-16(13(2)29-23-12)30(27,28)24-8-5-14(6-9-24)18(26)22-15-4-3-7-20-17(15)25-11-19-10-21-25/h3-4,7,10-11,14H,5-6,8-9H2,1-2H3,(H,22,26). The zero-order valence-electron chi connectivity index (χ0n) is 16.5. The van der Waals surface area contributed by atoms with E-state index in [1.54, 1.807) is 32.2 Å². The molecule has 0 bridgehead atoms. The molecule has 0 radical (unpaired) electrons. The highest BCUT2D eigenvalue weighted by Gasteiger charge is 2.35. The SMILES string of the molecule is Cc1noc(C)c1S(=O)(=O)N1CCC(C(=O)Nc2cccnc2-n2cncn2)CC1. The lowest BCUT2D eigenvalue weighted by molar-refractivity contribution is -0.120. The monoisotopic (exact) mass is 431 g/mol. The lowest BCUT2D eigenvalue weighted by atomic mass is 9.97. The van der Waals surface area contributed by atoms with Crippen LogP contribution in [0.15, 0.2) is 40.4 Å². The molecular weight excluding hydrogens is 410 g/mol. The van der Waals surface area contributed by atoms with Gasteiger partial charge < -0.3 is 9.84 Å². The number of sulfonamides is 1. The van der Waals surface area contributed by atoms with Gasteiger partial charge in [-0.2, -0.15) is 9.40 Å². The van der Waals surface area contributed by atoms with Crippen molar-refractivity contribution in [1.29, 1.82) is 0 Å². The fraction of sp³-hybridized carbons (Fsp3) is 0.389. The molecule has 0 unspecified atom stereocenters. The van der Waals surface area contributed by atoms with Crippen molar-refractivity contribution in [3.63, 3.8) is 0 Å². The van der Waals surface area contributed by atoms with Gasteiger partial charge in [-0.1, -0.05) is 5.16 Å². The van der Waals surface area contributed by atoms with Gasteiger partial charge in [-0.25, -0.2) is 23.1 Å². The first-order chi connectivity index (χ1) is 14.4. The van der Waals surface area contributed by atoms with Gasteiger partial charge in [0.05, 0.1) is 5.69 Å². The number of aryl methyl sites for hydroxylation is 2. The van der Waals surface area contributed by atoms with E-state index in [-0.39, 0.29) is 35.6 Å². The summed E-state index contributed by atoms with van der Waals surface area (Å²) in [6.45, 7) is 3.67. The van der Waals surface area contributed by atoms with E-state index in [1.165, 1.54) is 21.6 Å². The van der Waals surface area contributed by atoms with Crippen molar-refractivity contribution < 1.29 is 17.7 Å². The predicted molar refractivity (Wildman–Crippen MR) is 105 cm³/mol. The normalized spacial score (nSPS) is 15.9. The predicted octanol–water partition coefficient (Wildman–Crippen LogP) is 1.31. The number of aromatic nitrogens is 5. The van der Waals surface area contributed by atoms with Gasteiger partial charge in [0.2, 0.25) is 15.9 Å². The Labute approximate surface area is 173 Å². The minimum absolute atomic E-state index is 0.109. The van der Waals surface area contributed by atoms with Gasteiger partial charge in [-0.05, 0) is 38.8 Å². The molecular formula is C18H21N7O4S. The quantitative estimate of drug-likeness (QED) is 0.638. The summed E-state index contributed by atoms with van der Waals surface area (Å²) in [6, 6.07) is 3.45. The minimum Gasteiger partial charge on any atom is -0.360 e. The zero-order valence-corrected chi connectivity index (χ0v) is 17.3. The molecule has 158 valence electrons. The number of nitrogens with one attached hydrogen (secondary N) is 1. The van der Waals surface area contributed by atoms with Gasteiger partial charge in [-0.15, -0.1) is 0 Å². The maximum absolute atomic E-state index is 12.9. The molecule has 1 saturated heterocycles. The summed E-state index contributed by atoms with van der Waals surface area (Å²) in [7, 11) is -3.71. The van der Waals surface area contributed by atoms with E-state index >= 15 is 0 Å². The van der Waals surface area contributed by atoms with Crippen LogP contribution in [0.5, 0.6) is 0 Å². The molecule has 1 N–H and O–H groups in total. The van der Waals surface area contributed by atoms with Crippen LogP contribution in [0.3, 0.4) is 0 Å². The first kappa shape index (κ1) is 20.2. The highest BCUT2D eigenvalue weighted by atomic mass is 32.2. The van der Waals surface area contributed by atoms with Crippen molar-refractivity contribution in [3.8, 4) is 5.82 Å². The van der Waals surface area contributed by atoms with E-state index in [0.717, 1.165) is 0 Å². The number of hydrogen-bond acceptors (Lipinski definition) is 8. The Bertz CT molecular complexity index is 1130. The molecule has 0 atom stereocenters. The number of carbonyl (C=O) groups excluding carboxylic acids is 1. The summed E-state index contributed by atoms with van der Waals surface area (Å²) in [5.41, 5.74) is 0.850. The fourth-order valence-electron chi connectivity index (χ4n) is 3.56. The molecule has 0 aromatic carbocycles. The first-order valence-electron chi connectivity index (χ1n) is 9.42. The van der Waals surface area contributed by atoms with Gasteiger partial charge in [0.25, 0.3) is 0 Å². The number of hydrogen-bond donors (Lipinski definition) is 1. The molecule has 0 aliphatic carbocycles. The highest BCUT2D eigenvalue weighted by Crippen LogP contribution is 2.28. The van der Waals surface area contributed by atoms with E-state index in [1.807, 2.05) is 0 Å². The fourth-order valence-corrected chi connectivity index (χ4v) is 5.32. The average molecular weight is 431 g/mol. The Morgan fingerprint density at radius 1 is 1.27 bits per heavy atom. The molecule has 3 aromatic rings. The lowest BCUT2D eigenvalue weighted by Crippen LogP contribution is -2.41. The van der Waals surface area contributed by atoms with E-state index in [0.29, 0.717) is 30.0 Å². The van der Waals surface area contributed by atoms with E-state index in [2.05, 4.69) is 25.5 Å². The van der Waals surface area contributed by atoms with Crippen LogP contribution in [0, 0.1) is 19.8 Å².